The number of carbonyl (C=O) groups is 1. The summed E-state index contributed by atoms with van der Waals surface area (Å²) in [7, 11) is 0. The Balaban J connectivity index is 2.25. The van der Waals surface area contributed by atoms with Crippen LogP contribution in [0.5, 0.6) is 5.75 Å². The fraction of sp³-hybridized carbons (Fsp3) is 0. The number of ether oxygens (including phenoxy) is 1. The fourth-order valence-corrected chi connectivity index (χ4v) is 1.56. The van der Waals surface area contributed by atoms with E-state index in [9.17, 15) is 13.6 Å². The summed E-state index contributed by atoms with van der Waals surface area (Å²) >= 11 is 1.19. The van der Waals surface area contributed by atoms with Crippen molar-refractivity contribution < 1.29 is 18.3 Å². The maximum atomic E-state index is 13.1. The Morgan fingerprint density at radius 2 is 2.00 bits per heavy atom. The first-order chi connectivity index (χ1) is 7.68. The van der Waals surface area contributed by atoms with Crippen molar-refractivity contribution >= 4 is 17.3 Å². The average molecular weight is 241 g/mol. The largest absolute Gasteiger partial charge is 0.415 e. The third-order valence-corrected chi connectivity index (χ3v) is 2.34. The molecule has 0 amide bonds. The molecule has 1 heterocycles. The summed E-state index contributed by atoms with van der Waals surface area (Å²) in [5.74, 6) is -3.45. The minimum atomic E-state index is -0.927. The molecular weight excluding hydrogens is 236 g/mol. The molecule has 0 bridgehead atoms. The van der Waals surface area contributed by atoms with E-state index in [4.69, 9.17) is 0 Å². The highest BCUT2D eigenvalue weighted by Crippen LogP contribution is 2.21. The zero-order valence-corrected chi connectivity index (χ0v) is 8.63. The van der Waals surface area contributed by atoms with Gasteiger partial charge in [-0.05, 0) is 12.1 Å². The zero-order chi connectivity index (χ0) is 11.5. The van der Waals surface area contributed by atoms with Crippen LogP contribution in [-0.2, 0) is 0 Å². The van der Waals surface area contributed by atoms with Gasteiger partial charge in [-0.25, -0.2) is 18.6 Å². The lowest BCUT2D eigenvalue weighted by Crippen LogP contribution is -2.10. The van der Waals surface area contributed by atoms with Crippen molar-refractivity contribution in [3.8, 4) is 5.75 Å². The second kappa shape index (κ2) is 4.36. The molecule has 0 radical (unpaired) electrons. The van der Waals surface area contributed by atoms with Crippen LogP contribution in [0.25, 0.3) is 0 Å². The van der Waals surface area contributed by atoms with Gasteiger partial charge in [-0.2, -0.15) is 0 Å². The van der Waals surface area contributed by atoms with E-state index in [-0.39, 0.29) is 5.69 Å². The number of halogens is 2. The first-order valence-electron chi connectivity index (χ1n) is 4.23. The van der Waals surface area contributed by atoms with E-state index in [0.29, 0.717) is 0 Å². The van der Waals surface area contributed by atoms with Gasteiger partial charge >= 0.3 is 5.97 Å². The van der Waals surface area contributed by atoms with Gasteiger partial charge in [0.2, 0.25) is 5.75 Å². The summed E-state index contributed by atoms with van der Waals surface area (Å²) in [6.45, 7) is 0. The van der Waals surface area contributed by atoms with Crippen LogP contribution >= 0.6 is 11.3 Å². The summed E-state index contributed by atoms with van der Waals surface area (Å²) in [5, 5.41) is 1.43. The molecule has 0 N–H and O–H groups in total. The Labute approximate surface area is 93.3 Å². The van der Waals surface area contributed by atoms with Gasteiger partial charge in [-0.1, -0.05) is 6.07 Å². The molecule has 0 saturated carbocycles. The van der Waals surface area contributed by atoms with Crippen LogP contribution in [-0.4, -0.2) is 11.0 Å². The third kappa shape index (κ3) is 2.06. The molecule has 2 aromatic rings. The smallest absolute Gasteiger partial charge is 0.363 e. The topological polar surface area (TPSA) is 39.2 Å². The molecule has 0 atom stereocenters. The summed E-state index contributed by atoms with van der Waals surface area (Å²) < 4.78 is 30.8. The molecule has 6 heteroatoms. The molecule has 3 nitrogen and oxygen atoms in total. The summed E-state index contributed by atoms with van der Waals surface area (Å²) in [5.41, 5.74) is 1.45. The van der Waals surface area contributed by atoms with Crippen molar-refractivity contribution in [2.45, 2.75) is 0 Å². The van der Waals surface area contributed by atoms with E-state index < -0.39 is 23.4 Å². The molecule has 1 aromatic carbocycles. The Kier molecular flexibility index (Phi) is 2.91. The van der Waals surface area contributed by atoms with Crippen molar-refractivity contribution in [2.24, 2.45) is 0 Å². The molecule has 82 valence electrons. The van der Waals surface area contributed by atoms with Gasteiger partial charge in [0.15, 0.2) is 17.3 Å². The Bertz CT molecular complexity index is 493. The van der Waals surface area contributed by atoms with Gasteiger partial charge in [0, 0.05) is 5.38 Å². The predicted octanol–water partition coefficient (Wildman–Crippen LogP) is 2.64. The normalized spacial score (nSPS) is 10.1. The lowest BCUT2D eigenvalue weighted by atomic mass is 10.3. The number of hydrogen-bond donors (Lipinski definition) is 0. The van der Waals surface area contributed by atoms with Crippen LogP contribution in [0, 0.1) is 11.6 Å². The van der Waals surface area contributed by atoms with Crippen LogP contribution in [0.3, 0.4) is 0 Å². The van der Waals surface area contributed by atoms with Gasteiger partial charge in [0.1, 0.15) is 0 Å². The van der Waals surface area contributed by atoms with E-state index in [1.54, 1.807) is 0 Å². The van der Waals surface area contributed by atoms with E-state index in [1.807, 2.05) is 0 Å². The van der Waals surface area contributed by atoms with Crippen molar-refractivity contribution in [2.75, 3.05) is 0 Å². The second-order valence-corrected chi connectivity index (χ2v) is 3.53. The Hall–Kier alpha value is -1.82. The quantitative estimate of drug-likeness (QED) is 0.599. The zero-order valence-electron chi connectivity index (χ0n) is 7.81. The lowest BCUT2D eigenvalue weighted by molar-refractivity contribution is 0.0715. The van der Waals surface area contributed by atoms with Crippen LogP contribution < -0.4 is 4.74 Å². The fourth-order valence-electron chi connectivity index (χ4n) is 1.04. The van der Waals surface area contributed by atoms with E-state index in [2.05, 4.69) is 9.72 Å². The van der Waals surface area contributed by atoms with Gasteiger partial charge < -0.3 is 4.74 Å². The van der Waals surface area contributed by atoms with E-state index >= 15 is 0 Å². The molecule has 16 heavy (non-hydrogen) atoms. The summed E-state index contributed by atoms with van der Waals surface area (Å²) in [6, 6.07) is 3.20. The Morgan fingerprint density at radius 3 is 2.56 bits per heavy atom. The molecule has 0 spiro atoms. The van der Waals surface area contributed by atoms with Gasteiger partial charge in [0.25, 0.3) is 0 Å². The number of hydrogen-bond acceptors (Lipinski definition) is 4. The summed E-state index contributed by atoms with van der Waals surface area (Å²) in [6.07, 6.45) is 0. The number of nitrogens with zero attached hydrogens (tertiary/aromatic N) is 1. The van der Waals surface area contributed by atoms with E-state index in [0.717, 1.165) is 12.1 Å². The van der Waals surface area contributed by atoms with Gasteiger partial charge in [-0.3, -0.25) is 0 Å². The number of esters is 1. The summed E-state index contributed by atoms with van der Waals surface area (Å²) in [4.78, 5) is 15.0. The van der Waals surface area contributed by atoms with Gasteiger partial charge in [-0.15, -0.1) is 11.3 Å². The number of thiazole rings is 1. The maximum absolute atomic E-state index is 13.1. The van der Waals surface area contributed by atoms with Crippen molar-refractivity contribution in [1.82, 2.24) is 4.98 Å². The molecule has 0 fully saturated rings. The number of benzene rings is 1. The lowest BCUT2D eigenvalue weighted by Gasteiger charge is -2.04. The highest BCUT2D eigenvalue weighted by molar-refractivity contribution is 7.07. The van der Waals surface area contributed by atoms with Crippen LogP contribution in [0.4, 0.5) is 8.78 Å². The van der Waals surface area contributed by atoms with Crippen LogP contribution in [0.1, 0.15) is 10.5 Å². The van der Waals surface area contributed by atoms with Gasteiger partial charge in [0.05, 0.1) is 5.51 Å². The molecule has 0 saturated heterocycles. The number of rotatable bonds is 2. The molecule has 0 unspecified atom stereocenters. The first-order valence-corrected chi connectivity index (χ1v) is 5.17. The number of carbonyl (C=O) groups excluding carboxylic acids is 1. The Morgan fingerprint density at radius 1 is 1.31 bits per heavy atom. The highest BCUT2D eigenvalue weighted by atomic mass is 32.1. The van der Waals surface area contributed by atoms with Crippen molar-refractivity contribution in [3.05, 3.63) is 46.4 Å². The molecule has 0 aliphatic carbocycles. The average Bonchev–Trinajstić information content (AvgIpc) is 2.76. The minimum Gasteiger partial charge on any atom is -0.415 e. The monoisotopic (exact) mass is 241 g/mol. The SMILES string of the molecule is O=C(Oc1c(F)cccc1F)c1cscn1. The maximum Gasteiger partial charge on any atom is 0.363 e. The third-order valence-electron chi connectivity index (χ3n) is 1.76. The van der Waals surface area contributed by atoms with Crippen LogP contribution in [0.15, 0.2) is 29.1 Å². The molecular formula is C10H5F2NO2S. The standard InChI is InChI=1S/C10H5F2NO2S/c11-6-2-1-3-7(12)9(6)15-10(14)8-4-16-5-13-8/h1-5H. The minimum absolute atomic E-state index is 0.0210. The second-order valence-electron chi connectivity index (χ2n) is 2.81. The van der Waals surface area contributed by atoms with Crippen molar-refractivity contribution in [3.63, 3.8) is 0 Å². The number of aromatic nitrogens is 1. The van der Waals surface area contributed by atoms with E-state index in [1.165, 1.54) is 28.3 Å². The molecule has 2 rings (SSSR count). The molecule has 0 aliphatic heterocycles. The molecule has 0 aliphatic rings. The highest BCUT2D eigenvalue weighted by Gasteiger charge is 2.16. The number of para-hydroxylation sites is 1. The van der Waals surface area contributed by atoms with Crippen LogP contribution in [0.2, 0.25) is 0 Å². The molecule has 1 aromatic heterocycles. The predicted molar refractivity (Wildman–Crippen MR) is 53.4 cm³/mol. The van der Waals surface area contributed by atoms with Crippen molar-refractivity contribution in [1.29, 1.82) is 0 Å². The first kappa shape index (κ1) is 10.7.